The summed E-state index contributed by atoms with van der Waals surface area (Å²) in [7, 11) is 0.978. The van der Waals surface area contributed by atoms with Crippen LogP contribution in [0.4, 0.5) is 0 Å². The molecule has 1 aromatic heterocycles. The number of esters is 1. The maximum absolute atomic E-state index is 11.2. The first kappa shape index (κ1) is 16.0. The van der Waals surface area contributed by atoms with Crippen LogP contribution in [0.1, 0.15) is 39.8 Å². The van der Waals surface area contributed by atoms with Crippen LogP contribution in [0.3, 0.4) is 0 Å². The van der Waals surface area contributed by atoms with Crippen molar-refractivity contribution in [1.29, 1.82) is 0 Å². The fourth-order valence-electron chi connectivity index (χ4n) is 2.09. The molecule has 2 heterocycles. The van der Waals surface area contributed by atoms with Crippen molar-refractivity contribution >= 4 is 18.6 Å². The highest BCUT2D eigenvalue weighted by molar-refractivity contribution is 6.62. The molecule has 5 nitrogen and oxygen atoms in total. The molecule has 0 aliphatic carbocycles. The molecule has 0 spiro atoms. The van der Waals surface area contributed by atoms with Gasteiger partial charge in [-0.3, -0.25) is 9.78 Å². The zero-order valence-electron chi connectivity index (χ0n) is 13.3. The third-order valence-electron chi connectivity index (χ3n) is 4.18. The zero-order valence-corrected chi connectivity index (χ0v) is 13.3. The molecule has 0 aromatic carbocycles. The van der Waals surface area contributed by atoms with Crippen molar-refractivity contribution < 1.29 is 18.8 Å². The van der Waals surface area contributed by atoms with E-state index < -0.39 is 7.12 Å². The standard InChI is InChI=1S/C15H22BNO4/c1-14(2)15(3,4)21-16(20-14)11-8-9-17-12(10-11)6-7-13(18)19-5/h8-10H,6-7H2,1-5H3. The maximum atomic E-state index is 11.2. The molecule has 2 rings (SSSR count). The topological polar surface area (TPSA) is 57.7 Å². The van der Waals surface area contributed by atoms with E-state index in [0.29, 0.717) is 12.8 Å². The Labute approximate surface area is 126 Å². The number of hydrogen-bond donors (Lipinski definition) is 0. The van der Waals surface area contributed by atoms with Gasteiger partial charge in [-0.15, -0.1) is 0 Å². The summed E-state index contributed by atoms with van der Waals surface area (Å²) in [4.78, 5) is 15.5. The molecule has 0 bridgehead atoms. The second-order valence-electron chi connectivity index (χ2n) is 6.24. The van der Waals surface area contributed by atoms with E-state index in [-0.39, 0.29) is 17.2 Å². The smallest absolute Gasteiger partial charge is 0.469 e. The van der Waals surface area contributed by atoms with E-state index in [0.717, 1.165) is 11.2 Å². The SMILES string of the molecule is COC(=O)CCc1cc(B2OC(C)(C)C(C)(C)O2)ccn1. The van der Waals surface area contributed by atoms with Crippen LogP contribution in [0.5, 0.6) is 0 Å². The lowest BCUT2D eigenvalue weighted by Gasteiger charge is -2.32. The monoisotopic (exact) mass is 291 g/mol. The van der Waals surface area contributed by atoms with Crippen LogP contribution >= 0.6 is 0 Å². The van der Waals surface area contributed by atoms with Crippen molar-refractivity contribution in [2.24, 2.45) is 0 Å². The van der Waals surface area contributed by atoms with Gasteiger partial charge >= 0.3 is 13.1 Å². The van der Waals surface area contributed by atoms with Crippen molar-refractivity contribution in [2.45, 2.75) is 51.7 Å². The highest BCUT2D eigenvalue weighted by Crippen LogP contribution is 2.36. The van der Waals surface area contributed by atoms with E-state index >= 15 is 0 Å². The molecule has 1 saturated heterocycles. The van der Waals surface area contributed by atoms with Gasteiger partial charge in [0.05, 0.1) is 24.7 Å². The van der Waals surface area contributed by atoms with Gasteiger partial charge in [0.1, 0.15) is 0 Å². The van der Waals surface area contributed by atoms with Gasteiger partial charge in [0.15, 0.2) is 0 Å². The molecule has 1 aliphatic heterocycles. The molecule has 0 amide bonds. The van der Waals surface area contributed by atoms with Crippen molar-refractivity contribution in [1.82, 2.24) is 4.98 Å². The molecule has 114 valence electrons. The summed E-state index contributed by atoms with van der Waals surface area (Å²) in [5.74, 6) is -0.238. The number of ether oxygens (including phenoxy) is 1. The summed E-state index contributed by atoms with van der Waals surface area (Å²) in [5.41, 5.74) is 1.01. The number of aromatic nitrogens is 1. The van der Waals surface area contributed by atoms with Gasteiger partial charge in [-0.05, 0) is 45.3 Å². The highest BCUT2D eigenvalue weighted by Gasteiger charge is 2.51. The fourth-order valence-corrected chi connectivity index (χ4v) is 2.09. The quantitative estimate of drug-likeness (QED) is 0.621. The predicted octanol–water partition coefficient (Wildman–Crippen LogP) is 1.49. The van der Waals surface area contributed by atoms with Crippen molar-refractivity contribution in [3.63, 3.8) is 0 Å². The average Bonchev–Trinajstić information content (AvgIpc) is 2.65. The van der Waals surface area contributed by atoms with Gasteiger partial charge in [0, 0.05) is 18.3 Å². The fraction of sp³-hybridized carbons (Fsp3) is 0.600. The number of carbonyl (C=O) groups excluding carboxylic acids is 1. The van der Waals surface area contributed by atoms with Crippen molar-refractivity contribution in [3.05, 3.63) is 24.0 Å². The second kappa shape index (κ2) is 5.77. The minimum absolute atomic E-state index is 0.238. The number of carbonyl (C=O) groups is 1. The number of methoxy groups -OCH3 is 1. The van der Waals surface area contributed by atoms with Gasteiger partial charge in [0.2, 0.25) is 0 Å². The summed E-state index contributed by atoms with van der Waals surface area (Å²) >= 11 is 0. The molecule has 0 N–H and O–H groups in total. The van der Waals surface area contributed by atoms with E-state index in [4.69, 9.17) is 9.31 Å². The Hall–Kier alpha value is -1.40. The third-order valence-corrected chi connectivity index (χ3v) is 4.18. The molecule has 21 heavy (non-hydrogen) atoms. The van der Waals surface area contributed by atoms with Crippen LogP contribution in [0.25, 0.3) is 0 Å². The molecule has 1 aromatic rings. The Morgan fingerprint density at radius 2 is 1.90 bits per heavy atom. The van der Waals surface area contributed by atoms with Crippen LogP contribution in [0.2, 0.25) is 0 Å². The molecule has 0 atom stereocenters. The van der Waals surface area contributed by atoms with Crippen LogP contribution in [0, 0.1) is 0 Å². The van der Waals surface area contributed by atoms with Crippen molar-refractivity contribution in [2.75, 3.05) is 7.11 Å². The predicted molar refractivity (Wildman–Crippen MR) is 80.3 cm³/mol. The molecule has 0 unspecified atom stereocenters. The van der Waals surface area contributed by atoms with Crippen LogP contribution < -0.4 is 5.46 Å². The Morgan fingerprint density at radius 1 is 1.29 bits per heavy atom. The van der Waals surface area contributed by atoms with Crippen molar-refractivity contribution in [3.8, 4) is 0 Å². The Balaban J connectivity index is 2.10. The van der Waals surface area contributed by atoms with Gasteiger partial charge in [-0.1, -0.05) is 0 Å². The number of nitrogens with zero attached hydrogens (tertiary/aromatic N) is 1. The lowest BCUT2D eigenvalue weighted by Crippen LogP contribution is -2.41. The minimum atomic E-state index is -0.408. The molecule has 1 aliphatic rings. The molecular formula is C15H22BNO4. The lowest BCUT2D eigenvalue weighted by molar-refractivity contribution is -0.140. The second-order valence-corrected chi connectivity index (χ2v) is 6.24. The van der Waals surface area contributed by atoms with E-state index in [9.17, 15) is 4.79 Å². The first-order valence-corrected chi connectivity index (χ1v) is 7.12. The first-order valence-electron chi connectivity index (χ1n) is 7.12. The Bertz CT molecular complexity index is 514. The van der Waals surface area contributed by atoms with E-state index in [1.165, 1.54) is 7.11 Å². The Kier molecular flexibility index (Phi) is 4.39. The number of pyridine rings is 1. The summed E-state index contributed by atoms with van der Waals surface area (Å²) < 4.78 is 16.7. The van der Waals surface area contributed by atoms with E-state index in [1.54, 1.807) is 6.20 Å². The largest absolute Gasteiger partial charge is 0.494 e. The minimum Gasteiger partial charge on any atom is -0.469 e. The zero-order chi connectivity index (χ0) is 15.7. The van der Waals surface area contributed by atoms with Gasteiger partial charge in [0.25, 0.3) is 0 Å². The summed E-state index contributed by atoms with van der Waals surface area (Å²) in [5, 5.41) is 0. The summed E-state index contributed by atoms with van der Waals surface area (Å²) in [6, 6.07) is 3.80. The number of hydrogen-bond acceptors (Lipinski definition) is 5. The lowest BCUT2D eigenvalue weighted by atomic mass is 9.79. The van der Waals surface area contributed by atoms with Gasteiger partial charge in [-0.2, -0.15) is 0 Å². The van der Waals surface area contributed by atoms with Gasteiger partial charge < -0.3 is 14.0 Å². The van der Waals surface area contributed by atoms with E-state index in [1.807, 2.05) is 39.8 Å². The highest BCUT2D eigenvalue weighted by atomic mass is 16.7. The van der Waals surface area contributed by atoms with Crippen LogP contribution in [-0.4, -0.2) is 36.4 Å². The molecule has 1 fully saturated rings. The average molecular weight is 291 g/mol. The van der Waals surface area contributed by atoms with Crippen LogP contribution in [-0.2, 0) is 25.3 Å². The molecule has 6 heteroatoms. The summed E-state index contributed by atoms with van der Waals surface area (Å²) in [6.45, 7) is 8.08. The van der Waals surface area contributed by atoms with Crippen LogP contribution in [0.15, 0.2) is 18.3 Å². The van der Waals surface area contributed by atoms with E-state index in [2.05, 4.69) is 9.72 Å². The molecular weight excluding hydrogens is 269 g/mol. The maximum Gasteiger partial charge on any atom is 0.494 e. The normalized spacial score (nSPS) is 19.6. The van der Waals surface area contributed by atoms with Gasteiger partial charge in [-0.25, -0.2) is 0 Å². The molecule has 0 saturated carbocycles. The first-order chi connectivity index (χ1) is 9.75. The molecule has 0 radical (unpaired) electrons. The third kappa shape index (κ3) is 3.44. The summed E-state index contributed by atoms with van der Waals surface area (Å²) in [6.07, 6.45) is 2.57. The number of rotatable bonds is 4. The number of aryl methyl sites for hydroxylation is 1. The Morgan fingerprint density at radius 3 is 2.48 bits per heavy atom.